The van der Waals surface area contributed by atoms with Gasteiger partial charge in [-0.25, -0.2) is 0 Å². The first-order valence-corrected chi connectivity index (χ1v) is 6.15. The lowest BCUT2D eigenvalue weighted by Crippen LogP contribution is -2.44. The van der Waals surface area contributed by atoms with Crippen LogP contribution in [0.15, 0.2) is 23.3 Å². The summed E-state index contributed by atoms with van der Waals surface area (Å²) in [6.45, 7) is 3.92. The summed E-state index contributed by atoms with van der Waals surface area (Å²) in [7, 11) is 0. The number of rotatable bonds is 2. The number of allylic oxidation sites excluding steroid dienone is 3. The van der Waals surface area contributed by atoms with Crippen LogP contribution < -0.4 is 0 Å². The Labute approximate surface area is 101 Å². The molecule has 0 heterocycles. The van der Waals surface area contributed by atoms with Crippen molar-refractivity contribution in [2.75, 3.05) is 0 Å². The Bertz CT molecular complexity index is 431. The van der Waals surface area contributed by atoms with Crippen molar-refractivity contribution in [1.82, 2.24) is 0 Å². The molecule has 2 atom stereocenters. The molecule has 3 nitrogen and oxygen atoms in total. The number of carbonyl (C=O) groups is 2. The third kappa shape index (κ3) is 1.74. The van der Waals surface area contributed by atoms with Gasteiger partial charge in [0.15, 0.2) is 0 Å². The molecule has 0 radical (unpaired) electrons. The first-order chi connectivity index (χ1) is 8.03. The monoisotopic (exact) mass is 234 g/mol. The summed E-state index contributed by atoms with van der Waals surface area (Å²) < 4.78 is 0. The van der Waals surface area contributed by atoms with Crippen molar-refractivity contribution in [2.45, 2.75) is 39.5 Å². The van der Waals surface area contributed by atoms with E-state index < -0.39 is 11.4 Å². The van der Waals surface area contributed by atoms with Gasteiger partial charge in [0.25, 0.3) is 0 Å². The first-order valence-electron chi connectivity index (χ1n) is 6.15. The van der Waals surface area contributed by atoms with E-state index >= 15 is 0 Å². The van der Waals surface area contributed by atoms with Gasteiger partial charge < -0.3 is 5.11 Å². The van der Waals surface area contributed by atoms with Gasteiger partial charge in [0.2, 0.25) is 0 Å². The molecule has 0 spiro atoms. The second-order valence-corrected chi connectivity index (χ2v) is 5.01. The van der Waals surface area contributed by atoms with Gasteiger partial charge in [0, 0.05) is 18.8 Å². The standard InChI is InChI=1S/C14H18O3/c1-3-9-5-10-6-11(15)8-14(7-9,13(16)17)12(10)4-2/h4-5,10H,3,6-8H2,1-2H3,(H,16,17)/b12-4+. The van der Waals surface area contributed by atoms with Crippen LogP contribution in [0.2, 0.25) is 0 Å². The third-order valence-electron chi connectivity index (χ3n) is 4.04. The van der Waals surface area contributed by atoms with Crippen LogP contribution >= 0.6 is 0 Å². The van der Waals surface area contributed by atoms with Gasteiger partial charge in [0.1, 0.15) is 5.78 Å². The maximum absolute atomic E-state index is 11.7. The fraction of sp³-hybridized carbons (Fsp3) is 0.571. The molecule has 2 rings (SSSR count). The number of carboxylic acid groups (broad SMARTS) is 1. The van der Waals surface area contributed by atoms with Gasteiger partial charge in [-0.15, -0.1) is 0 Å². The number of aliphatic carboxylic acids is 1. The summed E-state index contributed by atoms with van der Waals surface area (Å²) in [4.78, 5) is 23.4. The highest BCUT2D eigenvalue weighted by Gasteiger charge is 2.51. The van der Waals surface area contributed by atoms with Gasteiger partial charge in [-0.05, 0) is 25.3 Å². The minimum absolute atomic E-state index is 0.0149. The van der Waals surface area contributed by atoms with Crippen LogP contribution in [-0.4, -0.2) is 16.9 Å². The molecule has 0 saturated heterocycles. The minimum atomic E-state index is -0.950. The van der Waals surface area contributed by atoms with Crippen LogP contribution in [0.25, 0.3) is 0 Å². The second kappa shape index (κ2) is 4.13. The number of fused-ring (bicyclic) bond motifs is 2. The molecule has 3 heteroatoms. The Morgan fingerprint density at radius 2 is 2.29 bits per heavy atom. The molecule has 1 N–H and O–H groups in total. The second-order valence-electron chi connectivity index (χ2n) is 5.01. The van der Waals surface area contributed by atoms with Crippen molar-refractivity contribution in [3.05, 3.63) is 23.3 Å². The summed E-state index contributed by atoms with van der Waals surface area (Å²) >= 11 is 0. The molecule has 0 aromatic rings. The Morgan fingerprint density at radius 1 is 1.59 bits per heavy atom. The molecule has 2 bridgehead atoms. The van der Waals surface area contributed by atoms with Gasteiger partial charge in [-0.3, -0.25) is 9.59 Å². The molecule has 2 aliphatic rings. The zero-order valence-electron chi connectivity index (χ0n) is 10.3. The van der Waals surface area contributed by atoms with Crippen LogP contribution in [0.1, 0.15) is 39.5 Å². The number of ketones is 1. The Kier molecular flexibility index (Phi) is 2.94. The Hall–Kier alpha value is -1.38. The lowest BCUT2D eigenvalue weighted by molar-refractivity contribution is -0.151. The topological polar surface area (TPSA) is 54.4 Å². The van der Waals surface area contributed by atoms with E-state index in [0.717, 1.165) is 12.0 Å². The van der Waals surface area contributed by atoms with Crippen molar-refractivity contribution in [3.8, 4) is 0 Å². The quantitative estimate of drug-likeness (QED) is 0.747. The van der Waals surface area contributed by atoms with Crippen molar-refractivity contribution in [1.29, 1.82) is 0 Å². The fourth-order valence-corrected chi connectivity index (χ4v) is 3.27. The van der Waals surface area contributed by atoms with Crippen LogP contribution in [0.5, 0.6) is 0 Å². The molecule has 2 aliphatic carbocycles. The summed E-state index contributed by atoms with van der Waals surface area (Å²) in [6, 6.07) is 0. The highest BCUT2D eigenvalue weighted by Crippen LogP contribution is 2.51. The largest absolute Gasteiger partial charge is 0.481 e. The number of Topliss-reactive ketones (excluding diaryl/α,β-unsaturated/α-hetero) is 1. The lowest BCUT2D eigenvalue weighted by Gasteiger charge is -2.43. The van der Waals surface area contributed by atoms with E-state index in [1.54, 1.807) is 0 Å². The molecule has 1 saturated carbocycles. The van der Waals surface area contributed by atoms with E-state index in [1.807, 2.05) is 19.9 Å². The molecular weight excluding hydrogens is 216 g/mol. The van der Waals surface area contributed by atoms with Crippen molar-refractivity contribution in [3.63, 3.8) is 0 Å². The van der Waals surface area contributed by atoms with E-state index in [9.17, 15) is 14.7 Å². The minimum Gasteiger partial charge on any atom is -0.481 e. The maximum Gasteiger partial charge on any atom is 0.314 e. The molecule has 17 heavy (non-hydrogen) atoms. The zero-order valence-corrected chi connectivity index (χ0v) is 10.3. The molecule has 0 amide bonds. The molecule has 0 aromatic heterocycles. The summed E-state index contributed by atoms with van der Waals surface area (Å²) in [5, 5.41) is 9.55. The number of carbonyl (C=O) groups excluding carboxylic acids is 1. The highest BCUT2D eigenvalue weighted by molar-refractivity contribution is 5.92. The number of hydrogen-bond donors (Lipinski definition) is 1. The van der Waals surface area contributed by atoms with E-state index in [0.29, 0.717) is 12.8 Å². The van der Waals surface area contributed by atoms with Gasteiger partial charge in [-0.2, -0.15) is 0 Å². The van der Waals surface area contributed by atoms with Crippen LogP contribution in [-0.2, 0) is 9.59 Å². The predicted molar refractivity (Wildman–Crippen MR) is 64.5 cm³/mol. The average Bonchev–Trinajstić information content (AvgIpc) is 2.26. The van der Waals surface area contributed by atoms with Crippen molar-refractivity contribution in [2.24, 2.45) is 11.3 Å². The van der Waals surface area contributed by atoms with Crippen LogP contribution in [0.4, 0.5) is 0 Å². The van der Waals surface area contributed by atoms with E-state index in [1.165, 1.54) is 5.57 Å². The first kappa shape index (κ1) is 12.1. The molecule has 2 unspecified atom stereocenters. The maximum atomic E-state index is 11.7. The van der Waals surface area contributed by atoms with Gasteiger partial charge in [0.05, 0.1) is 5.41 Å². The molecule has 92 valence electrons. The van der Waals surface area contributed by atoms with Crippen LogP contribution in [0.3, 0.4) is 0 Å². The molecule has 0 aromatic carbocycles. The third-order valence-corrected chi connectivity index (χ3v) is 4.04. The smallest absolute Gasteiger partial charge is 0.314 e. The average molecular weight is 234 g/mol. The van der Waals surface area contributed by atoms with E-state index in [4.69, 9.17) is 0 Å². The van der Waals surface area contributed by atoms with Gasteiger partial charge in [-0.1, -0.05) is 24.6 Å². The highest BCUT2D eigenvalue weighted by atomic mass is 16.4. The summed E-state index contributed by atoms with van der Waals surface area (Å²) in [6.07, 6.45) is 6.01. The van der Waals surface area contributed by atoms with E-state index in [2.05, 4.69) is 6.08 Å². The van der Waals surface area contributed by atoms with Crippen molar-refractivity contribution < 1.29 is 14.7 Å². The zero-order chi connectivity index (χ0) is 12.6. The van der Waals surface area contributed by atoms with E-state index in [-0.39, 0.29) is 18.1 Å². The fourth-order valence-electron chi connectivity index (χ4n) is 3.27. The number of hydrogen-bond acceptors (Lipinski definition) is 2. The Balaban J connectivity index is 2.55. The molecule has 0 aliphatic heterocycles. The van der Waals surface area contributed by atoms with Crippen LogP contribution in [0, 0.1) is 11.3 Å². The summed E-state index contributed by atoms with van der Waals surface area (Å²) in [5.74, 6) is -0.752. The SMILES string of the molecule is C/C=C1\C2C=C(CC)CC1(C(=O)O)CC(=O)C2. The Morgan fingerprint density at radius 3 is 2.82 bits per heavy atom. The van der Waals surface area contributed by atoms with Crippen molar-refractivity contribution >= 4 is 11.8 Å². The number of carboxylic acids is 1. The normalized spacial score (nSPS) is 34.7. The molecular formula is C14H18O3. The predicted octanol–water partition coefficient (Wildman–Crippen LogP) is 2.72. The molecule has 1 fully saturated rings. The van der Waals surface area contributed by atoms with Gasteiger partial charge >= 0.3 is 5.97 Å². The summed E-state index contributed by atoms with van der Waals surface area (Å²) in [5.41, 5.74) is 1.16. The lowest BCUT2D eigenvalue weighted by atomic mass is 9.58.